The molecule has 0 fully saturated rings. The first kappa shape index (κ1) is 25.1. The number of rotatable bonds is 9. The molecule has 3 aromatic heterocycles. The average molecular weight is 560 g/mol. The molecule has 0 radical (unpaired) electrons. The third-order valence-corrected chi connectivity index (χ3v) is 8.85. The van der Waals surface area contributed by atoms with Gasteiger partial charge in [-0.2, -0.15) is 4.39 Å². The Morgan fingerprint density at radius 1 is 1.03 bits per heavy atom. The van der Waals surface area contributed by atoms with Crippen molar-refractivity contribution in [3.63, 3.8) is 0 Å². The fourth-order valence-electron chi connectivity index (χ4n) is 3.66. The van der Waals surface area contributed by atoms with Crippen LogP contribution in [0.1, 0.15) is 27.6 Å². The summed E-state index contributed by atoms with van der Waals surface area (Å²) in [7, 11) is -6.85. The molecule has 0 saturated carbocycles. The van der Waals surface area contributed by atoms with Gasteiger partial charge in [0.25, 0.3) is 0 Å². The van der Waals surface area contributed by atoms with E-state index in [2.05, 4.69) is 24.9 Å². The molecule has 0 bridgehead atoms. The summed E-state index contributed by atoms with van der Waals surface area (Å²) in [4.78, 5) is 8.23. The quantitative estimate of drug-likeness (QED) is 0.205. The van der Waals surface area contributed by atoms with Crippen molar-refractivity contribution in [2.45, 2.75) is 17.5 Å². The molecule has 1 N–H and O–H groups in total. The van der Waals surface area contributed by atoms with Crippen LogP contribution in [-0.4, -0.2) is 37.0 Å². The second-order valence-corrected chi connectivity index (χ2v) is 11.9. The Balaban J connectivity index is 1.56. The molecular weight excluding hydrogens is 541 g/mol. The zero-order valence-corrected chi connectivity index (χ0v) is 21.3. The van der Waals surface area contributed by atoms with E-state index in [0.29, 0.717) is 21.3 Å². The number of benzene rings is 2. The Kier molecular flexibility index (Phi) is 7.06. The minimum Gasteiger partial charge on any atom is -0.422 e. The highest BCUT2D eigenvalue weighted by molar-refractivity contribution is 7.91. The van der Waals surface area contributed by atoms with Crippen molar-refractivity contribution in [3.8, 4) is 11.1 Å². The van der Waals surface area contributed by atoms with E-state index in [1.807, 2.05) is 6.07 Å². The molecule has 0 aliphatic heterocycles. The Labute approximate surface area is 216 Å². The molecule has 2 aromatic carbocycles. The molecule has 0 aliphatic rings. The maximum Gasteiger partial charge on any atom is 0.241 e. The van der Waals surface area contributed by atoms with E-state index in [9.17, 15) is 21.2 Å². The van der Waals surface area contributed by atoms with Gasteiger partial charge in [-0.15, -0.1) is 21.5 Å². The third kappa shape index (κ3) is 5.72. The summed E-state index contributed by atoms with van der Waals surface area (Å²) in [5.41, 5.74) is 2.59. The van der Waals surface area contributed by atoms with Crippen LogP contribution in [-0.2, 0) is 33.0 Å². The molecule has 0 spiro atoms. The topological polar surface area (TPSA) is 145 Å². The van der Waals surface area contributed by atoms with Crippen LogP contribution < -0.4 is 4.72 Å². The van der Waals surface area contributed by atoms with Crippen LogP contribution in [0.25, 0.3) is 21.3 Å². The third-order valence-electron chi connectivity index (χ3n) is 5.33. The predicted octanol–water partition coefficient (Wildman–Crippen LogP) is 3.20. The molecule has 0 aliphatic carbocycles. The van der Waals surface area contributed by atoms with E-state index in [-0.39, 0.29) is 29.1 Å². The smallest absolute Gasteiger partial charge is 0.241 e. The number of thiol groups is 1. The monoisotopic (exact) mass is 559 g/mol. The summed E-state index contributed by atoms with van der Waals surface area (Å²) in [5.74, 6) is -1.19. The van der Waals surface area contributed by atoms with E-state index < -0.39 is 31.9 Å². The fraction of sp³-hybridized carbons (Fsp3) is 0.130. The van der Waals surface area contributed by atoms with E-state index in [1.54, 1.807) is 48.5 Å². The number of fused-ring (bicyclic) bond motifs is 1. The molecule has 5 aromatic rings. The van der Waals surface area contributed by atoms with Gasteiger partial charge in [-0.3, -0.25) is 0 Å². The Bertz CT molecular complexity index is 1730. The highest BCUT2D eigenvalue weighted by Crippen LogP contribution is 2.38. The lowest BCUT2D eigenvalue weighted by molar-refractivity contribution is 0.444. The number of halogens is 1. The molecule has 10 nitrogen and oxygen atoms in total. The minimum absolute atomic E-state index is 0.0821. The largest absolute Gasteiger partial charge is 0.422 e. The fourth-order valence-corrected chi connectivity index (χ4v) is 7.08. The van der Waals surface area contributed by atoms with Gasteiger partial charge in [0.15, 0.2) is 15.1 Å². The number of aromatic nitrogens is 4. The number of thiazole rings is 1. The van der Waals surface area contributed by atoms with Crippen LogP contribution in [0.3, 0.4) is 0 Å². The summed E-state index contributed by atoms with van der Waals surface area (Å²) < 4.78 is 70.7. The molecule has 0 saturated heterocycles. The van der Waals surface area contributed by atoms with E-state index in [1.165, 1.54) is 12.3 Å². The van der Waals surface area contributed by atoms with Gasteiger partial charge in [-0.1, -0.05) is 36.4 Å². The van der Waals surface area contributed by atoms with Gasteiger partial charge < -0.3 is 4.42 Å². The second kappa shape index (κ2) is 10.4. The van der Waals surface area contributed by atoms with Gasteiger partial charge in [0.05, 0.1) is 22.5 Å². The van der Waals surface area contributed by atoms with Gasteiger partial charge in [-0.25, -0.2) is 31.5 Å². The summed E-state index contributed by atoms with van der Waals surface area (Å²) in [6, 6.07) is 16.9. The second-order valence-electron chi connectivity index (χ2n) is 7.90. The van der Waals surface area contributed by atoms with Gasteiger partial charge in [0.1, 0.15) is 5.01 Å². The van der Waals surface area contributed by atoms with Gasteiger partial charge in [-0.05, 0) is 35.4 Å². The van der Waals surface area contributed by atoms with Crippen molar-refractivity contribution in [2.24, 2.45) is 0 Å². The van der Waals surface area contributed by atoms with Gasteiger partial charge >= 0.3 is 0 Å². The highest BCUT2D eigenvalue weighted by atomic mass is 32.2. The maximum atomic E-state index is 13.7. The summed E-state index contributed by atoms with van der Waals surface area (Å²) in [5, 5.41) is 6.56. The van der Waals surface area contributed by atoms with Crippen molar-refractivity contribution in [2.75, 3.05) is 0 Å². The number of nitrogens with zero attached hydrogens (tertiary/aromatic N) is 4. The van der Waals surface area contributed by atoms with Crippen molar-refractivity contribution >= 4 is 42.3 Å². The molecule has 1 unspecified atom stereocenters. The number of hydrogen-bond acceptors (Lipinski definition) is 10. The first-order valence-corrected chi connectivity index (χ1v) is 14.5. The number of hydrogen-bond donors (Lipinski definition) is 2. The standard InChI is InChI=1S/C23H18FN5O5S3/c24-19-9-7-16(11-25-19)15-6-8-17-18(10-15)35-23(27-17)21(22-29-28-20(34-22)12-26-36(30)31)37(32,33)13-14-4-2-1-3-5-14/h1-11,21,36H,12-13H2,(H,26,30,31). The zero-order valence-electron chi connectivity index (χ0n) is 18.8. The normalized spacial score (nSPS) is 12.8. The lowest BCUT2D eigenvalue weighted by Crippen LogP contribution is -2.17. The lowest BCUT2D eigenvalue weighted by Gasteiger charge is -2.12. The minimum atomic E-state index is -3.95. The Morgan fingerprint density at radius 2 is 1.81 bits per heavy atom. The van der Waals surface area contributed by atoms with Crippen LogP contribution in [0.2, 0.25) is 0 Å². The highest BCUT2D eigenvalue weighted by Gasteiger charge is 2.37. The molecule has 190 valence electrons. The Morgan fingerprint density at radius 3 is 2.54 bits per heavy atom. The molecule has 37 heavy (non-hydrogen) atoms. The molecule has 5 rings (SSSR count). The molecule has 3 heterocycles. The first-order valence-electron chi connectivity index (χ1n) is 10.8. The van der Waals surface area contributed by atoms with Crippen LogP contribution in [0.5, 0.6) is 0 Å². The number of nitrogens with one attached hydrogen (secondary N) is 1. The van der Waals surface area contributed by atoms with E-state index in [4.69, 9.17) is 4.42 Å². The van der Waals surface area contributed by atoms with Crippen molar-refractivity contribution in [1.29, 1.82) is 0 Å². The molecular formula is C23H18FN5O5S3. The molecule has 1 atom stereocenters. The van der Waals surface area contributed by atoms with Crippen LogP contribution in [0.15, 0.2) is 71.3 Å². The number of pyridine rings is 1. The SMILES string of the molecule is O=[SH](=O)NCc1nnc(C(c2nc3ccc(-c4ccc(F)nc4)cc3s2)S(=O)(=O)Cc2ccccc2)o1. The molecule has 0 amide bonds. The average Bonchev–Trinajstić information content (AvgIpc) is 3.50. The van der Waals surface area contributed by atoms with Crippen LogP contribution in [0.4, 0.5) is 4.39 Å². The van der Waals surface area contributed by atoms with E-state index in [0.717, 1.165) is 16.9 Å². The van der Waals surface area contributed by atoms with Crippen LogP contribution in [0, 0.1) is 5.95 Å². The van der Waals surface area contributed by atoms with Crippen molar-refractivity contribution < 1.29 is 25.6 Å². The van der Waals surface area contributed by atoms with E-state index >= 15 is 0 Å². The summed E-state index contributed by atoms with van der Waals surface area (Å²) >= 11 is 1.15. The summed E-state index contributed by atoms with van der Waals surface area (Å²) in [6.07, 6.45) is 1.41. The number of sulfone groups is 1. The summed E-state index contributed by atoms with van der Waals surface area (Å²) in [6.45, 7) is -0.272. The molecule has 14 heteroatoms. The predicted molar refractivity (Wildman–Crippen MR) is 135 cm³/mol. The van der Waals surface area contributed by atoms with Crippen molar-refractivity contribution in [1.82, 2.24) is 24.9 Å². The van der Waals surface area contributed by atoms with Gasteiger partial charge in [0.2, 0.25) is 28.6 Å². The first-order chi connectivity index (χ1) is 17.8. The van der Waals surface area contributed by atoms with Gasteiger partial charge in [0, 0.05) is 11.8 Å². The van der Waals surface area contributed by atoms with Crippen LogP contribution >= 0.6 is 11.3 Å². The Hall–Kier alpha value is -3.59. The lowest BCUT2D eigenvalue weighted by atomic mass is 10.1. The van der Waals surface area contributed by atoms with Crippen molar-refractivity contribution in [3.05, 3.63) is 95.2 Å². The maximum absolute atomic E-state index is 13.7. The zero-order chi connectivity index (χ0) is 26.0.